The Balaban J connectivity index is 1.37. The maximum Gasteiger partial charge on any atom is 0.339 e. The number of alkyl halides is 2. The molecule has 1 aromatic heterocycles. The molecule has 0 aliphatic carbocycles. The van der Waals surface area contributed by atoms with Crippen LogP contribution in [0.5, 0.6) is 0 Å². The third-order valence-corrected chi connectivity index (χ3v) is 11.1. The largest absolute Gasteiger partial charge is 0.346 e. The fourth-order valence-corrected chi connectivity index (χ4v) is 7.67. The van der Waals surface area contributed by atoms with Crippen molar-refractivity contribution in [3.05, 3.63) is 59.0 Å². The van der Waals surface area contributed by atoms with E-state index in [0.29, 0.717) is 29.6 Å². The van der Waals surface area contributed by atoms with E-state index in [4.69, 9.17) is 9.79 Å². The average Bonchev–Trinajstić information content (AvgIpc) is 3.61. The van der Waals surface area contributed by atoms with Gasteiger partial charge in [-0.05, 0) is 67.1 Å². The number of nitrogens with one attached hydrogen (secondary N) is 2. The molecule has 0 spiro atoms. The topological polar surface area (TPSA) is 173 Å². The van der Waals surface area contributed by atoms with Gasteiger partial charge >= 0.3 is 5.66 Å². The molecule has 3 heterocycles. The van der Waals surface area contributed by atoms with Crippen molar-refractivity contribution in [3.63, 3.8) is 0 Å². The number of anilines is 1. The maximum atomic E-state index is 14.2. The van der Waals surface area contributed by atoms with E-state index in [-0.39, 0.29) is 40.2 Å². The van der Waals surface area contributed by atoms with Crippen molar-refractivity contribution >= 4 is 69.0 Å². The molecule has 2 aliphatic rings. The summed E-state index contributed by atoms with van der Waals surface area (Å²) in [6.45, 7) is 1.49. The molecule has 2 fully saturated rings. The highest BCUT2D eigenvalue weighted by molar-refractivity contribution is 7.90. The molecule has 0 radical (unpaired) electrons. The second-order valence-corrected chi connectivity index (χ2v) is 15.5. The number of benzene rings is 2. The van der Waals surface area contributed by atoms with Crippen LogP contribution in [-0.2, 0) is 29.9 Å². The quantitative estimate of drug-likeness (QED) is 0.273. The van der Waals surface area contributed by atoms with Crippen molar-refractivity contribution in [3.8, 4) is 0 Å². The summed E-state index contributed by atoms with van der Waals surface area (Å²) >= 11 is 0.984. The molecule has 246 valence electrons. The highest BCUT2D eigenvalue weighted by atomic mass is 32.2. The molecule has 3 aromatic rings. The molecule has 17 heteroatoms. The predicted molar refractivity (Wildman–Crippen MR) is 167 cm³/mol. The Morgan fingerprint density at radius 1 is 1.04 bits per heavy atom. The zero-order chi connectivity index (χ0) is 33.6. The first-order valence-corrected chi connectivity index (χ1v) is 18.1. The molecule has 4 amide bonds. The van der Waals surface area contributed by atoms with Crippen LogP contribution in [0, 0.1) is 0 Å². The summed E-state index contributed by atoms with van der Waals surface area (Å²) in [5, 5.41) is 5.68. The lowest BCUT2D eigenvalue weighted by atomic mass is 10.1. The van der Waals surface area contributed by atoms with Crippen LogP contribution in [0.2, 0.25) is 0 Å². The van der Waals surface area contributed by atoms with E-state index in [1.165, 1.54) is 53.1 Å². The Labute approximate surface area is 268 Å². The van der Waals surface area contributed by atoms with Crippen molar-refractivity contribution < 1.29 is 46.2 Å². The Bertz CT molecular complexity index is 1800. The van der Waals surface area contributed by atoms with Crippen LogP contribution in [0.3, 0.4) is 0 Å². The summed E-state index contributed by atoms with van der Waals surface area (Å²) in [5.41, 5.74) is -4.15. The summed E-state index contributed by atoms with van der Waals surface area (Å²) in [6.07, 6.45) is 2.30. The summed E-state index contributed by atoms with van der Waals surface area (Å²) in [4.78, 5) is 74.6. The fourth-order valence-electron chi connectivity index (χ4n) is 5.72. The first-order chi connectivity index (χ1) is 21.6. The van der Waals surface area contributed by atoms with Gasteiger partial charge in [0.2, 0.25) is 26.1 Å². The number of rotatable bonds is 7. The minimum absolute atomic E-state index is 0.0840. The Morgan fingerprint density at radius 2 is 1.74 bits per heavy atom. The minimum atomic E-state index is -3.87. The van der Waals surface area contributed by atoms with Gasteiger partial charge < -0.3 is 30.2 Å². The van der Waals surface area contributed by atoms with Crippen LogP contribution in [-0.4, -0.2) is 89.1 Å². The minimum Gasteiger partial charge on any atom is -0.346 e. The van der Waals surface area contributed by atoms with Gasteiger partial charge in [0.25, 0.3) is 5.91 Å². The highest BCUT2D eigenvalue weighted by Crippen LogP contribution is 2.53. The zero-order valence-electron chi connectivity index (χ0n) is 24.6. The van der Waals surface area contributed by atoms with Crippen molar-refractivity contribution in [2.75, 3.05) is 24.7 Å². The molecular weight excluding hydrogens is 665 g/mol. The number of nitrogens with zero attached hydrogens (tertiary/aromatic N) is 2. The summed E-state index contributed by atoms with van der Waals surface area (Å²) in [6, 6.07) is 7.94. The molecule has 0 bridgehead atoms. The van der Waals surface area contributed by atoms with Gasteiger partial charge in [-0.2, -0.15) is 8.78 Å². The molecule has 2 aliphatic heterocycles. The number of carbonyl (C=O) groups is 4. The van der Waals surface area contributed by atoms with E-state index in [2.05, 4.69) is 10.6 Å². The van der Waals surface area contributed by atoms with Crippen molar-refractivity contribution in [1.82, 2.24) is 15.1 Å². The van der Waals surface area contributed by atoms with E-state index in [1.54, 1.807) is 0 Å². The van der Waals surface area contributed by atoms with Crippen LogP contribution in [0.1, 0.15) is 41.4 Å². The van der Waals surface area contributed by atoms with Crippen LogP contribution < -0.4 is 10.6 Å². The average molecular weight is 697 g/mol. The van der Waals surface area contributed by atoms with Crippen molar-refractivity contribution in [2.45, 2.75) is 54.9 Å². The Morgan fingerprint density at radius 3 is 2.37 bits per heavy atom. The van der Waals surface area contributed by atoms with Gasteiger partial charge in [-0.3, -0.25) is 19.2 Å². The SMILES string of the molecule is CC(=O)N1CC[C@H]2CC[C@@H](C(=O)Nc3ccc(S(C)(=O)=O)cc3)N2C(=O)[C@@H](NC(=O)c2cc3cc(C(F)(F)P(O)O)ccc3s2)C1. The number of carbonyl (C=O) groups excluding carboxylic acids is 4. The number of thiophene rings is 1. The zero-order valence-corrected chi connectivity index (χ0v) is 27.2. The highest BCUT2D eigenvalue weighted by Gasteiger charge is 2.45. The second-order valence-electron chi connectivity index (χ2n) is 11.3. The number of amides is 4. The van der Waals surface area contributed by atoms with Crippen LogP contribution in [0.15, 0.2) is 53.4 Å². The molecular formula is C29H31F2N4O8PS2. The van der Waals surface area contributed by atoms with Crippen LogP contribution in [0.4, 0.5) is 14.5 Å². The van der Waals surface area contributed by atoms with Crippen LogP contribution in [0.25, 0.3) is 10.1 Å². The third kappa shape index (κ3) is 6.91. The lowest BCUT2D eigenvalue weighted by Crippen LogP contribution is -2.60. The van der Waals surface area contributed by atoms with E-state index in [9.17, 15) is 36.4 Å². The van der Waals surface area contributed by atoms with Crippen molar-refractivity contribution in [1.29, 1.82) is 0 Å². The van der Waals surface area contributed by atoms with E-state index in [0.717, 1.165) is 29.7 Å². The molecule has 4 N–H and O–H groups in total. The molecule has 0 saturated carbocycles. The Kier molecular flexibility index (Phi) is 9.49. The normalized spacial score (nSPS) is 20.8. The second kappa shape index (κ2) is 12.9. The molecule has 0 unspecified atom stereocenters. The van der Waals surface area contributed by atoms with Gasteiger partial charge in [0.1, 0.15) is 12.1 Å². The number of fused-ring (bicyclic) bond motifs is 2. The van der Waals surface area contributed by atoms with Gasteiger partial charge in [-0.1, -0.05) is 6.07 Å². The first-order valence-electron chi connectivity index (χ1n) is 14.2. The van der Waals surface area contributed by atoms with E-state index in [1.807, 2.05) is 0 Å². The predicted octanol–water partition coefficient (Wildman–Crippen LogP) is 3.00. The molecule has 46 heavy (non-hydrogen) atoms. The smallest absolute Gasteiger partial charge is 0.339 e. The lowest BCUT2D eigenvalue weighted by molar-refractivity contribution is -0.143. The number of hydrogen-bond donors (Lipinski definition) is 4. The molecule has 3 atom stereocenters. The van der Waals surface area contributed by atoms with Gasteiger partial charge in [0.15, 0.2) is 9.84 Å². The fraction of sp³-hybridized carbons (Fsp3) is 0.379. The molecule has 2 saturated heterocycles. The van der Waals surface area contributed by atoms with Crippen molar-refractivity contribution in [2.24, 2.45) is 0 Å². The monoisotopic (exact) mass is 696 g/mol. The maximum absolute atomic E-state index is 14.2. The number of hydrogen-bond acceptors (Lipinski definition) is 9. The van der Waals surface area contributed by atoms with Gasteiger partial charge in [0, 0.05) is 48.3 Å². The molecule has 12 nitrogen and oxygen atoms in total. The van der Waals surface area contributed by atoms with E-state index >= 15 is 0 Å². The van der Waals surface area contributed by atoms with Gasteiger partial charge in [-0.25, -0.2) is 8.42 Å². The Hall–Kier alpha value is -3.56. The summed E-state index contributed by atoms with van der Waals surface area (Å²) in [5.74, 6) is -2.03. The first kappa shape index (κ1) is 33.8. The molecule has 5 rings (SSSR count). The van der Waals surface area contributed by atoms with Gasteiger partial charge in [-0.15, -0.1) is 11.3 Å². The van der Waals surface area contributed by atoms with Gasteiger partial charge in [0.05, 0.1) is 9.77 Å². The standard InChI is InChI=1S/C29H31F2N4O8PS2/c1-16(36)34-12-11-20-6-9-23(26(37)32-19-4-7-21(8-5-19)46(2,42)43)35(20)28(39)22(15-34)33-27(38)25-14-17-13-18(3-10-24(17)45-25)29(30,31)44(40)41/h3-5,7-8,10,13-14,20,22-23,40-41H,6,9,11-12,15H2,1-2H3,(H,32,37)(H,33,38)/t20-,22+,23+/m1/s1. The van der Waals surface area contributed by atoms with Crippen LogP contribution >= 0.6 is 19.7 Å². The third-order valence-electron chi connectivity index (χ3n) is 8.13. The molecule has 2 aromatic carbocycles. The summed E-state index contributed by atoms with van der Waals surface area (Å²) in [7, 11) is -7.02. The summed E-state index contributed by atoms with van der Waals surface area (Å²) < 4.78 is 52.4. The van der Waals surface area contributed by atoms with E-state index < -0.39 is 59.2 Å². The number of sulfone groups is 1. The number of halogens is 2. The lowest BCUT2D eigenvalue weighted by Gasteiger charge is -2.38.